The molecule has 4 rings (SSSR count). The maximum Gasteiger partial charge on any atom is 0.281 e. The van der Waals surface area contributed by atoms with E-state index in [1.165, 1.54) is 11.3 Å². The third kappa shape index (κ3) is 5.61. The van der Waals surface area contributed by atoms with Gasteiger partial charge in [0.15, 0.2) is 0 Å². The number of nitrogens with one attached hydrogen (secondary N) is 1. The number of aromatic nitrogens is 1. The van der Waals surface area contributed by atoms with Gasteiger partial charge in [0.05, 0.1) is 19.1 Å². The molecule has 2 amide bonds. The van der Waals surface area contributed by atoms with Crippen LogP contribution in [-0.2, 0) is 23.2 Å². The first-order valence-electron chi connectivity index (χ1n) is 11.9. The van der Waals surface area contributed by atoms with Crippen LogP contribution >= 0.6 is 23.5 Å². The van der Waals surface area contributed by atoms with E-state index in [1.807, 2.05) is 49.9 Å². The van der Waals surface area contributed by atoms with Gasteiger partial charge in [-0.1, -0.05) is 12.1 Å². The normalized spacial score (nSPS) is 13.9. The number of ether oxygens (including phenoxy) is 1. The van der Waals surface area contributed by atoms with Crippen LogP contribution in [0, 0.1) is 20.8 Å². The fraction of sp³-hybridized carbons (Fsp3) is 0.423. The van der Waals surface area contributed by atoms with Gasteiger partial charge in [0.25, 0.3) is 5.91 Å². The molecule has 1 aromatic carbocycles. The van der Waals surface area contributed by atoms with Gasteiger partial charge >= 0.3 is 0 Å². The Bertz CT molecular complexity index is 1210. The molecule has 3 aromatic rings. The zero-order valence-corrected chi connectivity index (χ0v) is 22.7. The number of carbonyl (C=O) groups is 2. The maximum absolute atomic E-state index is 14.0. The summed E-state index contributed by atoms with van der Waals surface area (Å²) in [6.45, 7) is 6.76. The molecule has 36 heavy (non-hydrogen) atoms. The van der Waals surface area contributed by atoms with Gasteiger partial charge in [-0.05, 0) is 69.4 Å². The van der Waals surface area contributed by atoms with Crippen LogP contribution in [-0.4, -0.2) is 35.4 Å². The quantitative estimate of drug-likeness (QED) is 0.350. The number of rotatable bonds is 11. The molecule has 1 fully saturated rings. The highest BCUT2D eigenvalue weighted by Gasteiger charge is 2.53. The Balaban J connectivity index is 1.54. The van der Waals surface area contributed by atoms with Gasteiger partial charge < -0.3 is 14.1 Å². The van der Waals surface area contributed by atoms with Crippen molar-refractivity contribution in [2.45, 2.75) is 58.4 Å². The monoisotopic (exact) mass is 528 g/mol. The molecule has 0 radical (unpaired) electrons. The minimum atomic E-state index is -0.521. The second-order valence-corrected chi connectivity index (χ2v) is 10.9. The summed E-state index contributed by atoms with van der Waals surface area (Å²) in [5.41, 5.74) is 1.96. The number of benzene rings is 1. The molecular weight excluding hydrogens is 496 g/mol. The van der Waals surface area contributed by atoms with E-state index in [2.05, 4.69) is 15.8 Å². The highest BCUT2D eigenvalue weighted by molar-refractivity contribution is 7.95. The zero-order valence-electron chi connectivity index (χ0n) is 21.1. The van der Waals surface area contributed by atoms with Crippen LogP contribution in [0.1, 0.15) is 62.3 Å². The number of furan rings is 1. The third-order valence-electron chi connectivity index (χ3n) is 6.69. The Kier molecular flexibility index (Phi) is 8.07. The van der Waals surface area contributed by atoms with Gasteiger partial charge in [0.2, 0.25) is 5.91 Å². The molecule has 2 heterocycles. The van der Waals surface area contributed by atoms with Crippen molar-refractivity contribution in [1.29, 1.82) is 0 Å². The molecule has 0 saturated heterocycles. The predicted molar refractivity (Wildman–Crippen MR) is 142 cm³/mol. The van der Waals surface area contributed by atoms with Gasteiger partial charge in [0, 0.05) is 30.0 Å². The molecular formula is C26H32N4O4S2. The fourth-order valence-corrected chi connectivity index (χ4v) is 5.58. The second-order valence-electron chi connectivity index (χ2n) is 9.15. The minimum Gasteiger partial charge on any atom is -0.497 e. The zero-order chi connectivity index (χ0) is 25.9. The van der Waals surface area contributed by atoms with E-state index < -0.39 is 5.41 Å². The van der Waals surface area contributed by atoms with E-state index in [9.17, 15) is 9.59 Å². The molecule has 10 heteroatoms. The Morgan fingerprint density at radius 1 is 1.25 bits per heavy atom. The van der Waals surface area contributed by atoms with Crippen LogP contribution in [0.3, 0.4) is 0 Å². The summed E-state index contributed by atoms with van der Waals surface area (Å²) in [6, 6.07) is 9.83. The molecule has 8 nitrogen and oxygen atoms in total. The summed E-state index contributed by atoms with van der Waals surface area (Å²) in [4.78, 5) is 33.5. The van der Waals surface area contributed by atoms with Gasteiger partial charge in [-0.2, -0.15) is 0 Å². The van der Waals surface area contributed by atoms with Crippen molar-refractivity contribution in [1.82, 2.24) is 14.6 Å². The minimum absolute atomic E-state index is 0.0934. The summed E-state index contributed by atoms with van der Waals surface area (Å²) < 4.78 is 13.6. The van der Waals surface area contributed by atoms with Crippen molar-refractivity contribution in [3.05, 3.63) is 68.6 Å². The van der Waals surface area contributed by atoms with Crippen molar-refractivity contribution in [2.24, 2.45) is 5.14 Å². The van der Waals surface area contributed by atoms with E-state index in [4.69, 9.17) is 14.3 Å². The molecule has 1 aliphatic carbocycles. The Hall–Kier alpha value is -2.82. The van der Waals surface area contributed by atoms with Gasteiger partial charge in [0.1, 0.15) is 28.0 Å². The number of hydrogen-bond acceptors (Lipinski definition) is 8. The first-order valence-corrected chi connectivity index (χ1v) is 13.6. The number of thiazole rings is 1. The Morgan fingerprint density at radius 2 is 1.97 bits per heavy atom. The summed E-state index contributed by atoms with van der Waals surface area (Å²) >= 11 is 2.18. The lowest BCUT2D eigenvalue weighted by Gasteiger charge is -2.27. The van der Waals surface area contributed by atoms with Gasteiger partial charge in [-0.3, -0.25) is 19.5 Å². The van der Waals surface area contributed by atoms with Crippen molar-refractivity contribution >= 4 is 35.3 Å². The SMILES string of the molecule is COc1ccc(C2(C(=O)N(CCCc3cc(C)c(C)o3)Cc3nc(C(=O)NSN)c(C)s3)CC2)cc1. The number of hydrogen-bond donors (Lipinski definition) is 2. The van der Waals surface area contributed by atoms with Crippen molar-refractivity contribution < 1.29 is 18.7 Å². The van der Waals surface area contributed by atoms with Gasteiger partial charge in [-0.15, -0.1) is 11.3 Å². The lowest BCUT2D eigenvalue weighted by molar-refractivity contribution is -0.134. The predicted octanol–water partition coefficient (Wildman–Crippen LogP) is 4.61. The van der Waals surface area contributed by atoms with E-state index in [1.54, 1.807) is 7.11 Å². The van der Waals surface area contributed by atoms with E-state index >= 15 is 0 Å². The highest BCUT2D eigenvalue weighted by Crippen LogP contribution is 2.50. The van der Waals surface area contributed by atoms with Crippen LogP contribution in [0.4, 0.5) is 0 Å². The number of nitrogens with two attached hydrogens (primary N) is 1. The first kappa shape index (κ1) is 26.2. The first-order chi connectivity index (χ1) is 17.3. The topological polar surface area (TPSA) is 111 Å². The van der Waals surface area contributed by atoms with Gasteiger partial charge in [-0.25, -0.2) is 4.98 Å². The third-order valence-corrected chi connectivity index (χ3v) is 7.95. The van der Waals surface area contributed by atoms with Crippen molar-refractivity contribution in [3.63, 3.8) is 0 Å². The lowest BCUT2D eigenvalue weighted by Crippen LogP contribution is -2.39. The Labute approximate surface area is 219 Å². The number of carbonyl (C=O) groups excluding carboxylic acids is 2. The molecule has 1 aliphatic rings. The maximum atomic E-state index is 14.0. The molecule has 0 unspecified atom stereocenters. The fourth-order valence-electron chi connectivity index (χ4n) is 4.43. The van der Waals surface area contributed by atoms with E-state index in [-0.39, 0.29) is 11.8 Å². The average molecular weight is 529 g/mol. The summed E-state index contributed by atoms with van der Waals surface area (Å²) in [5, 5.41) is 6.10. The highest BCUT2D eigenvalue weighted by atomic mass is 32.2. The number of amides is 2. The lowest BCUT2D eigenvalue weighted by atomic mass is 9.94. The number of aryl methyl sites for hydroxylation is 4. The van der Waals surface area contributed by atoms with Crippen LogP contribution in [0.2, 0.25) is 0 Å². The van der Waals surface area contributed by atoms with Crippen molar-refractivity contribution in [2.75, 3.05) is 13.7 Å². The molecule has 192 valence electrons. The molecule has 1 saturated carbocycles. The second kappa shape index (κ2) is 11.1. The number of nitrogens with zero attached hydrogens (tertiary/aromatic N) is 2. The molecule has 0 spiro atoms. The molecule has 0 aliphatic heterocycles. The van der Waals surface area contributed by atoms with Crippen LogP contribution in [0.15, 0.2) is 34.7 Å². The van der Waals surface area contributed by atoms with Crippen LogP contribution < -0.4 is 14.6 Å². The van der Waals surface area contributed by atoms with E-state index in [0.29, 0.717) is 18.8 Å². The molecule has 2 aromatic heterocycles. The number of methoxy groups -OCH3 is 1. The molecule has 3 N–H and O–H groups in total. The smallest absolute Gasteiger partial charge is 0.281 e. The van der Waals surface area contributed by atoms with E-state index in [0.717, 1.165) is 76.1 Å². The van der Waals surface area contributed by atoms with Crippen LogP contribution in [0.25, 0.3) is 0 Å². The van der Waals surface area contributed by atoms with Crippen molar-refractivity contribution in [3.8, 4) is 5.75 Å². The standard InChI is InChI=1S/C26H32N4O4S2/c1-16-14-21(34-17(16)2)6-5-13-30(15-22-28-23(18(3)35-22)24(31)29-36-27)25(32)26(11-12-26)19-7-9-20(33-4)10-8-19/h7-10,14H,5-6,11-13,15,27H2,1-4H3,(H,29,31). The van der Waals surface area contributed by atoms with Crippen LogP contribution in [0.5, 0.6) is 5.75 Å². The summed E-state index contributed by atoms with van der Waals surface area (Å²) in [5.74, 6) is 2.38. The molecule has 0 bridgehead atoms. The summed E-state index contributed by atoms with van der Waals surface area (Å²) in [6.07, 6.45) is 3.12. The Morgan fingerprint density at radius 3 is 2.56 bits per heavy atom. The largest absolute Gasteiger partial charge is 0.497 e. The molecule has 0 atom stereocenters. The average Bonchev–Trinajstić information content (AvgIpc) is 3.50. The summed E-state index contributed by atoms with van der Waals surface area (Å²) in [7, 11) is 1.63.